The molecule has 0 saturated carbocycles. The van der Waals surface area contributed by atoms with E-state index >= 15 is 0 Å². The highest BCUT2D eigenvalue weighted by atomic mass is 35.5. The van der Waals surface area contributed by atoms with E-state index in [1.54, 1.807) is 43.3 Å². The predicted octanol–water partition coefficient (Wildman–Crippen LogP) is 4.45. The second-order valence-corrected chi connectivity index (χ2v) is 8.82. The van der Waals surface area contributed by atoms with E-state index < -0.39 is 15.9 Å². The average molecular weight is 417 g/mol. The van der Waals surface area contributed by atoms with Gasteiger partial charge in [-0.3, -0.25) is 4.79 Å². The standard InChI is InChI=1S/C21H21ClN2O3S/c1-3-24(14-21(25)23-20-11-9-18(22)12-15(20)2)28(26,27)19-10-8-16-6-4-5-7-17(16)13-19/h4-13H,3,14H2,1-2H3,(H,23,25). The Kier molecular flexibility index (Phi) is 6.03. The smallest absolute Gasteiger partial charge is 0.243 e. The van der Waals surface area contributed by atoms with Gasteiger partial charge >= 0.3 is 0 Å². The summed E-state index contributed by atoms with van der Waals surface area (Å²) in [7, 11) is -3.80. The summed E-state index contributed by atoms with van der Waals surface area (Å²) >= 11 is 5.93. The van der Waals surface area contributed by atoms with Gasteiger partial charge in [-0.15, -0.1) is 0 Å². The Morgan fingerprint density at radius 3 is 2.43 bits per heavy atom. The van der Waals surface area contributed by atoms with Crippen molar-refractivity contribution in [1.29, 1.82) is 0 Å². The van der Waals surface area contributed by atoms with Crippen molar-refractivity contribution in [1.82, 2.24) is 4.31 Å². The predicted molar refractivity (Wildman–Crippen MR) is 113 cm³/mol. The topological polar surface area (TPSA) is 66.5 Å². The van der Waals surface area contributed by atoms with E-state index in [-0.39, 0.29) is 18.0 Å². The molecule has 0 bridgehead atoms. The number of benzene rings is 3. The van der Waals surface area contributed by atoms with Crippen LogP contribution < -0.4 is 5.32 Å². The van der Waals surface area contributed by atoms with Gasteiger partial charge in [-0.2, -0.15) is 4.31 Å². The molecular formula is C21H21ClN2O3S. The van der Waals surface area contributed by atoms with Gasteiger partial charge in [-0.1, -0.05) is 48.9 Å². The SMILES string of the molecule is CCN(CC(=O)Nc1ccc(Cl)cc1C)S(=O)(=O)c1ccc2ccccc2c1. The van der Waals surface area contributed by atoms with Crippen molar-refractivity contribution in [3.63, 3.8) is 0 Å². The molecule has 0 aliphatic heterocycles. The first-order valence-corrected chi connectivity index (χ1v) is 10.7. The van der Waals surface area contributed by atoms with Gasteiger partial charge in [0, 0.05) is 17.3 Å². The Morgan fingerprint density at radius 2 is 1.75 bits per heavy atom. The molecule has 0 radical (unpaired) electrons. The van der Waals surface area contributed by atoms with Crippen LogP contribution >= 0.6 is 11.6 Å². The van der Waals surface area contributed by atoms with Crippen LogP contribution in [0.5, 0.6) is 0 Å². The number of halogens is 1. The fourth-order valence-corrected chi connectivity index (χ4v) is 4.63. The van der Waals surface area contributed by atoms with Gasteiger partial charge in [0.25, 0.3) is 0 Å². The number of sulfonamides is 1. The van der Waals surface area contributed by atoms with Crippen LogP contribution in [0.2, 0.25) is 5.02 Å². The van der Waals surface area contributed by atoms with Crippen LogP contribution in [0.3, 0.4) is 0 Å². The van der Waals surface area contributed by atoms with E-state index in [9.17, 15) is 13.2 Å². The van der Waals surface area contributed by atoms with Gasteiger partial charge in [0.1, 0.15) is 0 Å². The summed E-state index contributed by atoms with van der Waals surface area (Å²) < 4.78 is 27.2. The van der Waals surface area contributed by atoms with Crippen LogP contribution in [0.1, 0.15) is 12.5 Å². The Morgan fingerprint density at radius 1 is 1.04 bits per heavy atom. The molecule has 7 heteroatoms. The molecule has 0 unspecified atom stereocenters. The zero-order valence-electron chi connectivity index (χ0n) is 15.6. The van der Waals surface area contributed by atoms with Gasteiger partial charge < -0.3 is 5.32 Å². The van der Waals surface area contributed by atoms with Crippen molar-refractivity contribution in [3.8, 4) is 0 Å². The summed E-state index contributed by atoms with van der Waals surface area (Å²) in [5, 5.41) is 5.12. The molecule has 0 atom stereocenters. The number of amides is 1. The van der Waals surface area contributed by atoms with E-state index in [2.05, 4.69) is 5.32 Å². The molecular weight excluding hydrogens is 396 g/mol. The highest BCUT2D eigenvalue weighted by Gasteiger charge is 2.25. The van der Waals surface area contributed by atoms with Crippen LogP contribution in [-0.4, -0.2) is 31.7 Å². The summed E-state index contributed by atoms with van der Waals surface area (Å²) in [6, 6.07) is 17.6. The summed E-state index contributed by atoms with van der Waals surface area (Å²) in [6.45, 7) is 3.44. The maximum atomic E-state index is 13.0. The zero-order valence-corrected chi connectivity index (χ0v) is 17.2. The number of fused-ring (bicyclic) bond motifs is 1. The molecule has 3 aromatic rings. The molecule has 3 aromatic carbocycles. The van der Waals surface area contributed by atoms with E-state index in [4.69, 9.17) is 11.6 Å². The third-order valence-corrected chi connectivity index (χ3v) is 6.65. The summed E-state index contributed by atoms with van der Waals surface area (Å²) in [5.41, 5.74) is 1.41. The molecule has 0 aliphatic rings. The first kappa shape index (κ1) is 20.3. The molecule has 0 spiro atoms. The number of hydrogen-bond donors (Lipinski definition) is 1. The molecule has 28 heavy (non-hydrogen) atoms. The lowest BCUT2D eigenvalue weighted by Gasteiger charge is -2.20. The molecule has 3 rings (SSSR count). The van der Waals surface area contributed by atoms with Crippen LogP contribution in [0.4, 0.5) is 5.69 Å². The number of nitrogens with one attached hydrogen (secondary N) is 1. The van der Waals surface area contributed by atoms with Crippen molar-refractivity contribution >= 4 is 44.0 Å². The largest absolute Gasteiger partial charge is 0.325 e. The minimum Gasteiger partial charge on any atom is -0.325 e. The van der Waals surface area contributed by atoms with Crippen molar-refractivity contribution < 1.29 is 13.2 Å². The van der Waals surface area contributed by atoms with E-state index in [1.165, 1.54) is 0 Å². The average Bonchev–Trinajstić information content (AvgIpc) is 2.67. The molecule has 0 aliphatic carbocycles. The van der Waals surface area contributed by atoms with Crippen molar-refractivity contribution in [2.45, 2.75) is 18.7 Å². The summed E-state index contributed by atoms with van der Waals surface area (Å²) in [6.07, 6.45) is 0. The quantitative estimate of drug-likeness (QED) is 0.645. The number of likely N-dealkylation sites (N-methyl/N-ethyl adjacent to an activating group) is 1. The van der Waals surface area contributed by atoms with Gasteiger partial charge in [-0.25, -0.2) is 8.42 Å². The van der Waals surface area contributed by atoms with Crippen molar-refractivity contribution in [3.05, 3.63) is 71.2 Å². The number of nitrogens with zero attached hydrogens (tertiary/aromatic N) is 1. The van der Waals surface area contributed by atoms with Gasteiger partial charge in [0.15, 0.2) is 0 Å². The van der Waals surface area contributed by atoms with Crippen molar-refractivity contribution in [2.24, 2.45) is 0 Å². The minimum absolute atomic E-state index is 0.170. The maximum absolute atomic E-state index is 13.0. The fourth-order valence-electron chi connectivity index (χ4n) is 2.96. The number of rotatable bonds is 6. The Labute approximate surface area is 170 Å². The second-order valence-electron chi connectivity index (χ2n) is 6.45. The van der Waals surface area contributed by atoms with Crippen LogP contribution in [-0.2, 0) is 14.8 Å². The van der Waals surface area contributed by atoms with Gasteiger partial charge in [-0.05, 0) is 53.6 Å². The molecule has 0 fully saturated rings. The molecule has 1 N–H and O–H groups in total. The minimum atomic E-state index is -3.80. The Balaban J connectivity index is 1.81. The Bertz CT molecular complexity index is 1130. The first-order chi connectivity index (χ1) is 13.3. The lowest BCUT2D eigenvalue weighted by atomic mass is 10.1. The molecule has 0 saturated heterocycles. The van der Waals surface area contributed by atoms with Crippen LogP contribution in [0.15, 0.2) is 65.6 Å². The highest BCUT2D eigenvalue weighted by molar-refractivity contribution is 7.89. The molecule has 146 valence electrons. The van der Waals surface area contributed by atoms with Gasteiger partial charge in [0.05, 0.1) is 11.4 Å². The van der Waals surface area contributed by atoms with Crippen molar-refractivity contribution in [2.75, 3.05) is 18.4 Å². The van der Waals surface area contributed by atoms with E-state index in [1.807, 2.05) is 31.2 Å². The van der Waals surface area contributed by atoms with Crippen LogP contribution in [0.25, 0.3) is 10.8 Å². The number of aryl methyl sites for hydroxylation is 1. The summed E-state index contributed by atoms with van der Waals surface area (Å²) in [4.78, 5) is 12.6. The Hall–Kier alpha value is -2.41. The lowest BCUT2D eigenvalue weighted by Crippen LogP contribution is -2.37. The molecule has 5 nitrogen and oxygen atoms in total. The molecule has 1 amide bonds. The molecule has 0 heterocycles. The van der Waals surface area contributed by atoms with Crippen LogP contribution in [0, 0.1) is 6.92 Å². The number of anilines is 1. The monoisotopic (exact) mass is 416 g/mol. The number of carbonyl (C=O) groups excluding carboxylic acids is 1. The molecule has 0 aromatic heterocycles. The normalized spacial score (nSPS) is 11.7. The fraction of sp³-hybridized carbons (Fsp3) is 0.190. The number of carbonyl (C=O) groups is 1. The zero-order chi connectivity index (χ0) is 20.3. The van der Waals surface area contributed by atoms with E-state index in [0.717, 1.165) is 20.6 Å². The van der Waals surface area contributed by atoms with E-state index in [0.29, 0.717) is 10.7 Å². The highest BCUT2D eigenvalue weighted by Crippen LogP contribution is 2.23. The third kappa shape index (κ3) is 4.35. The second kappa shape index (κ2) is 8.31. The third-order valence-electron chi connectivity index (χ3n) is 4.49. The summed E-state index contributed by atoms with van der Waals surface area (Å²) in [5.74, 6) is -0.406. The van der Waals surface area contributed by atoms with Gasteiger partial charge in [0.2, 0.25) is 15.9 Å². The lowest BCUT2D eigenvalue weighted by molar-refractivity contribution is -0.116. The number of hydrogen-bond acceptors (Lipinski definition) is 3. The first-order valence-electron chi connectivity index (χ1n) is 8.86. The maximum Gasteiger partial charge on any atom is 0.243 e.